The monoisotopic (exact) mass is 266 g/mol. The van der Waals surface area contributed by atoms with Crippen LogP contribution in [0.3, 0.4) is 0 Å². The van der Waals surface area contributed by atoms with Crippen molar-refractivity contribution in [3.63, 3.8) is 0 Å². The molecule has 19 heavy (non-hydrogen) atoms. The number of ether oxygens (including phenoxy) is 1. The van der Waals surface area contributed by atoms with E-state index in [4.69, 9.17) is 4.74 Å². The molecule has 3 fully saturated rings. The maximum atomic E-state index is 12.4. The van der Waals surface area contributed by atoms with Crippen LogP contribution in [0.4, 0.5) is 0 Å². The Balaban J connectivity index is 1.60. The van der Waals surface area contributed by atoms with Gasteiger partial charge in [0.1, 0.15) is 0 Å². The first kappa shape index (κ1) is 12.9. The van der Waals surface area contributed by atoms with Gasteiger partial charge in [-0.25, -0.2) is 0 Å². The average molecular weight is 266 g/mol. The molecule has 5 nitrogen and oxygen atoms in total. The maximum Gasteiger partial charge on any atom is 0.228 e. The number of rotatable bonds is 2. The fourth-order valence-corrected chi connectivity index (χ4v) is 3.51. The van der Waals surface area contributed by atoms with E-state index in [0.717, 1.165) is 12.8 Å². The average Bonchev–Trinajstić information content (AvgIpc) is 3.08. The topological polar surface area (TPSA) is 49.9 Å². The summed E-state index contributed by atoms with van der Waals surface area (Å²) in [6.07, 6.45) is 5.08. The molecule has 0 bridgehead atoms. The van der Waals surface area contributed by atoms with Crippen LogP contribution in [0.1, 0.15) is 32.1 Å². The van der Waals surface area contributed by atoms with E-state index < -0.39 is 0 Å². The fourth-order valence-electron chi connectivity index (χ4n) is 3.51. The number of hydrogen-bond acceptors (Lipinski definition) is 3. The summed E-state index contributed by atoms with van der Waals surface area (Å²) in [4.78, 5) is 28.3. The summed E-state index contributed by atoms with van der Waals surface area (Å²) in [5.41, 5.74) is 0. The van der Waals surface area contributed by atoms with Gasteiger partial charge < -0.3 is 14.5 Å². The van der Waals surface area contributed by atoms with Crippen molar-refractivity contribution in [2.24, 2.45) is 5.92 Å². The number of hydrogen-bond donors (Lipinski definition) is 0. The largest absolute Gasteiger partial charge is 0.378 e. The quantitative estimate of drug-likeness (QED) is 0.737. The van der Waals surface area contributed by atoms with Gasteiger partial charge in [0.25, 0.3) is 0 Å². The van der Waals surface area contributed by atoms with E-state index in [-0.39, 0.29) is 17.7 Å². The molecule has 0 radical (unpaired) electrons. The van der Waals surface area contributed by atoms with Crippen LogP contribution < -0.4 is 0 Å². The lowest BCUT2D eigenvalue weighted by Crippen LogP contribution is -2.44. The zero-order valence-electron chi connectivity index (χ0n) is 11.3. The van der Waals surface area contributed by atoms with Crippen LogP contribution in [0.5, 0.6) is 0 Å². The predicted octanol–water partition coefficient (Wildman–Crippen LogP) is 0.636. The Morgan fingerprint density at radius 1 is 1.16 bits per heavy atom. The van der Waals surface area contributed by atoms with Crippen molar-refractivity contribution in [1.29, 1.82) is 0 Å². The lowest BCUT2D eigenvalue weighted by molar-refractivity contribution is -0.139. The third kappa shape index (κ3) is 2.61. The number of carbonyl (C=O) groups excluding carboxylic acids is 2. The van der Waals surface area contributed by atoms with Crippen LogP contribution in [0.2, 0.25) is 0 Å². The molecule has 0 aromatic rings. The Hall–Kier alpha value is -1.10. The van der Waals surface area contributed by atoms with Gasteiger partial charge in [0.05, 0.1) is 19.1 Å². The molecule has 0 aromatic heterocycles. The van der Waals surface area contributed by atoms with Crippen LogP contribution >= 0.6 is 0 Å². The fraction of sp³-hybridized carbons (Fsp3) is 0.857. The summed E-state index contributed by atoms with van der Waals surface area (Å²) in [5, 5.41) is 0. The van der Waals surface area contributed by atoms with Crippen LogP contribution in [-0.2, 0) is 14.3 Å². The highest BCUT2D eigenvalue weighted by Gasteiger charge is 2.40. The molecule has 2 saturated heterocycles. The van der Waals surface area contributed by atoms with Gasteiger partial charge in [-0.3, -0.25) is 9.59 Å². The molecule has 0 N–H and O–H groups in total. The highest BCUT2D eigenvalue weighted by atomic mass is 16.5. The minimum atomic E-state index is -0.119. The Morgan fingerprint density at radius 3 is 2.53 bits per heavy atom. The van der Waals surface area contributed by atoms with Crippen LogP contribution in [0.15, 0.2) is 0 Å². The molecule has 106 valence electrons. The van der Waals surface area contributed by atoms with Gasteiger partial charge in [-0.15, -0.1) is 0 Å². The zero-order chi connectivity index (χ0) is 13.2. The molecular weight excluding hydrogens is 244 g/mol. The second-order valence-electron chi connectivity index (χ2n) is 5.82. The second-order valence-corrected chi connectivity index (χ2v) is 5.82. The van der Waals surface area contributed by atoms with Gasteiger partial charge in [-0.2, -0.15) is 0 Å². The number of nitrogens with zero attached hydrogens (tertiary/aromatic N) is 2. The van der Waals surface area contributed by atoms with Crippen molar-refractivity contribution >= 4 is 11.8 Å². The van der Waals surface area contributed by atoms with Crippen molar-refractivity contribution in [1.82, 2.24) is 9.80 Å². The third-order valence-electron chi connectivity index (χ3n) is 4.60. The van der Waals surface area contributed by atoms with Crippen molar-refractivity contribution in [3.05, 3.63) is 0 Å². The summed E-state index contributed by atoms with van der Waals surface area (Å²) in [7, 11) is 0. The van der Waals surface area contributed by atoms with Gasteiger partial charge >= 0.3 is 0 Å². The van der Waals surface area contributed by atoms with Crippen molar-refractivity contribution in [3.8, 4) is 0 Å². The van der Waals surface area contributed by atoms with E-state index in [0.29, 0.717) is 45.3 Å². The molecule has 1 unspecified atom stereocenters. The molecule has 1 saturated carbocycles. The second kappa shape index (κ2) is 5.49. The van der Waals surface area contributed by atoms with E-state index in [2.05, 4.69) is 0 Å². The van der Waals surface area contributed by atoms with Gasteiger partial charge in [0.15, 0.2) is 0 Å². The first-order chi connectivity index (χ1) is 9.25. The van der Waals surface area contributed by atoms with Gasteiger partial charge in [-0.1, -0.05) is 12.8 Å². The van der Waals surface area contributed by atoms with Gasteiger partial charge in [0, 0.05) is 32.1 Å². The Kier molecular flexibility index (Phi) is 3.73. The van der Waals surface area contributed by atoms with Gasteiger partial charge in [0.2, 0.25) is 11.8 Å². The SMILES string of the molecule is O=C(C1CC(=O)N(C2CCCC2)C1)N1CCOCC1. The first-order valence-electron chi connectivity index (χ1n) is 7.41. The summed E-state index contributed by atoms with van der Waals surface area (Å²) >= 11 is 0. The van der Waals surface area contributed by atoms with Crippen LogP contribution in [0.25, 0.3) is 0 Å². The van der Waals surface area contributed by atoms with E-state index in [1.807, 2.05) is 9.80 Å². The van der Waals surface area contributed by atoms with Crippen LogP contribution in [0, 0.1) is 5.92 Å². The lowest BCUT2D eigenvalue weighted by Gasteiger charge is -2.29. The molecule has 2 aliphatic heterocycles. The van der Waals surface area contributed by atoms with Gasteiger partial charge in [-0.05, 0) is 12.8 Å². The van der Waals surface area contributed by atoms with E-state index in [1.165, 1.54) is 12.8 Å². The molecule has 3 aliphatic rings. The van der Waals surface area contributed by atoms with Crippen molar-refractivity contribution < 1.29 is 14.3 Å². The lowest BCUT2D eigenvalue weighted by atomic mass is 10.1. The number of morpholine rings is 1. The number of amides is 2. The Labute approximate surface area is 113 Å². The number of likely N-dealkylation sites (tertiary alicyclic amines) is 1. The third-order valence-corrected chi connectivity index (χ3v) is 4.60. The highest BCUT2D eigenvalue weighted by Crippen LogP contribution is 2.30. The predicted molar refractivity (Wildman–Crippen MR) is 69.5 cm³/mol. The Morgan fingerprint density at radius 2 is 1.84 bits per heavy atom. The normalized spacial score (nSPS) is 29.3. The molecule has 2 heterocycles. The summed E-state index contributed by atoms with van der Waals surface area (Å²) in [6, 6.07) is 0.398. The minimum Gasteiger partial charge on any atom is -0.378 e. The summed E-state index contributed by atoms with van der Waals surface area (Å²) < 4.78 is 5.26. The van der Waals surface area contributed by atoms with Crippen molar-refractivity contribution in [2.75, 3.05) is 32.8 Å². The minimum absolute atomic E-state index is 0.119. The van der Waals surface area contributed by atoms with Crippen LogP contribution in [-0.4, -0.2) is 60.5 Å². The van der Waals surface area contributed by atoms with E-state index >= 15 is 0 Å². The smallest absolute Gasteiger partial charge is 0.228 e. The molecule has 0 spiro atoms. The van der Waals surface area contributed by atoms with E-state index in [1.54, 1.807) is 0 Å². The molecule has 3 rings (SSSR count). The van der Waals surface area contributed by atoms with E-state index in [9.17, 15) is 9.59 Å². The molecular formula is C14H22N2O3. The molecule has 1 atom stereocenters. The molecule has 2 amide bonds. The summed E-state index contributed by atoms with van der Waals surface area (Å²) in [5.74, 6) is 0.210. The molecule has 5 heteroatoms. The summed E-state index contributed by atoms with van der Waals surface area (Å²) in [6.45, 7) is 3.23. The zero-order valence-corrected chi connectivity index (χ0v) is 11.3. The molecule has 0 aromatic carbocycles. The Bertz CT molecular complexity index is 360. The van der Waals surface area contributed by atoms with Crippen molar-refractivity contribution in [2.45, 2.75) is 38.1 Å². The first-order valence-corrected chi connectivity index (χ1v) is 7.41. The maximum absolute atomic E-state index is 12.4. The number of carbonyl (C=O) groups is 2. The highest BCUT2D eigenvalue weighted by molar-refractivity contribution is 5.89. The molecule has 1 aliphatic carbocycles. The standard InChI is InChI=1S/C14H22N2O3/c17-13-9-11(10-16(13)12-3-1-2-4-12)14(18)15-5-7-19-8-6-15/h11-12H,1-10H2.